The lowest BCUT2D eigenvalue weighted by atomic mass is 10.0. The van der Waals surface area contributed by atoms with Gasteiger partial charge in [0, 0.05) is 12.5 Å². The van der Waals surface area contributed by atoms with Crippen molar-refractivity contribution in [2.24, 2.45) is 5.92 Å². The molecule has 0 radical (unpaired) electrons. The van der Waals surface area contributed by atoms with Crippen molar-refractivity contribution in [3.05, 3.63) is 0 Å². The summed E-state index contributed by atoms with van der Waals surface area (Å²) in [5, 5.41) is 5.54. The third-order valence-electron chi connectivity index (χ3n) is 3.34. The minimum absolute atomic E-state index is 0.0258. The summed E-state index contributed by atoms with van der Waals surface area (Å²) in [6, 6.07) is 0.374. The van der Waals surface area contributed by atoms with Crippen LogP contribution >= 0.6 is 0 Å². The van der Waals surface area contributed by atoms with Gasteiger partial charge in [0.1, 0.15) is 0 Å². The van der Waals surface area contributed by atoms with Crippen LogP contribution in [-0.2, 0) is 9.59 Å². The normalized spacial score (nSPS) is 20.8. The van der Waals surface area contributed by atoms with E-state index >= 15 is 0 Å². The molecular weight excluding hydrogens is 204 g/mol. The van der Waals surface area contributed by atoms with Crippen molar-refractivity contribution in [1.82, 2.24) is 10.6 Å². The Bertz CT molecular complexity index is 268. The molecule has 4 nitrogen and oxygen atoms in total. The topological polar surface area (TPSA) is 58.2 Å². The van der Waals surface area contributed by atoms with Crippen LogP contribution in [0.5, 0.6) is 0 Å². The van der Waals surface area contributed by atoms with Crippen LogP contribution in [0.2, 0.25) is 0 Å². The largest absolute Gasteiger partial charge is 0.352 e. The van der Waals surface area contributed by atoms with Gasteiger partial charge in [0.15, 0.2) is 0 Å². The van der Waals surface area contributed by atoms with Crippen molar-refractivity contribution in [2.45, 2.75) is 51.0 Å². The lowest BCUT2D eigenvalue weighted by molar-refractivity contribution is -0.126. The van der Waals surface area contributed by atoms with Crippen molar-refractivity contribution < 1.29 is 9.59 Å². The molecule has 2 rings (SSSR count). The number of hydrogen-bond donors (Lipinski definition) is 2. The molecule has 0 unspecified atom stereocenters. The Morgan fingerprint density at radius 3 is 2.31 bits per heavy atom. The highest BCUT2D eigenvalue weighted by molar-refractivity contribution is 5.85. The average Bonchev–Trinajstić information content (AvgIpc) is 2.91. The summed E-state index contributed by atoms with van der Waals surface area (Å²) in [5.74, 6) is 0.520. The molecule has 16 heavy (non-hydrogen) atoms. The van der Waals surface area contributed by atoms with Gasteiger partial charge in [0.05, 0.1) is 6.54 Å². The molecule has 90 valence electrons. The number of nitrogens with one attached hydrogen (secondary N) is 2. The van der Waals surface area contributed by atoms with Gasteiger partial charge in [-0.05, 0) is 31.6 Å². The zero-order valence-corrected chi connectivity index (χ0v) is 9.63. The second kappa shape index (κ2) is 5.32. The first-order chi connectivity index (χ1) is 7.74. The molecule has 2 amide bonds. The van der Waals surface area contributed by atoms with Crippen LogP contribution in [-0.4, -0.2) is 24.4 Å². The molecule has 2 saturated carbocycles. The highest BCUT2D eigenvalue weighted by Gasteiger charge is 2.23. The van der Waals surface area contributed by atoms with E-state index in [1.165, 1.54) is 25.7 Å². The fourth-order valence-corrected chi connectivity index (χ4v) is 2.23. The number of amides is 2. The van der Waals surface area contributed by atoms with Crippen LogP contribution in [0.1, 0.15) is 44.9 Å². The minimum Gasteiger partial charge on any atom is -0.352 e. The van der Waals surface area contributed by atoms with Crippen LogP contribution in [0.3, 0.4) is 0 Å². The maximum Gasteiger partial charge on any atom is 0.239 e. The van der Waals surface area contributed by atoms with Crippen molar-refractivity contribution in [1.29, 1.82) is 0 Å². The van der Waals surface area contributed by atoms with Crippen molar-refractivity contribution in [3.63, 3.8) is 0 Å². The molecule has 0 aromatic carbocycles. The molecule has 0 aromatic heterocycles. The quantitative estimate of drug-likeness (QED) is 0.731. The van der Waals surface area contributed by atoms with E-state index in [0.717, 1.165) is 12.8 Å². The van der Waals surface area contributed by atoms with Crippen LogP contribution in [0, 0.1) is 5.92 Å². The first-order valence-corrected chi connectivity index (χ1v) is 6.30. The van der Waals surface area contributed by atoms with E-state index < -0.39 is 0 Å². The Morgan fingerprint density at radius 2 is 1.69 bits per heavy atom. The van der Waals surface area contributed by atoms with E-state index in [4.69, 9.17) is 0 Å². The summed E-state index contributed by atoms with van der Waals surface area (Å²) >= 11 is 0. The van der Waals surface area contributed by atoms with Crippen molar-refractivity contribution in [2.75, 3.05) is 6.54 Å². The van der Waals surface area contributed by atoms with Gasteiger partial charge >= 0.3 is 0 Å². The van der Waals surface area contributed by atoms with E-state index in [0.29, 0.717) is 18.4 Å². The van der Waals surface area contributed by atoms with Gasteiger partial charge in [-0.1, -0.05) is 12.8 Å². The SMILES string of the molecule is O=C(CC1CCCC1)NCC(=O)NC1CC1. The summed E-state index contributed by atoms with van der Waals surface area (Å²) < 4.78 is 0. The monoisotopic (exact) mass is 224 g/mol. The van der Waals surface area contributed by atoms with Gasteiger partial charge in [0.25, 0.3) is 0 Å². The van der Waals surface area contributed by atoms with Crippen molar-refractivity contribution in [3.8, 4) is 0 Å². The first-order valence-electron chi connectivity index (χ1n) is 6.30. The predicted molar refractivity (Wildman–Crippen MR) is 60.7 cm³/mol. The summed E-state index contributed by atoms with van der Waals surface area (Å²) in [7, 11) is 0. The maximum absolute atomic E-state index is 11.5. The molecule has 2 fully saturated rings. The molecule has 2 aliphatic carbocycles. The molecule has 2 N–H and O–H groups in total. The third-order valence-corrected chi connectivity index (χ3v) is 3.34. The lowest BCUT2D eigenvalue weighted by Crippen LogP contribution is -2.38. The Hall–Kier alpha value is -1.06. The minimum atomic E-state index is -0.0535. The molecule has 0 atom stereocenters. The molecular formula is C12H20N2O2. The lowest BCUT2D eigenvalue weighted by Gasteiger charge is -2.09. The Balaban J connectivity index is 1.57. The maximum atomic E-state index is 11.5. The summed E-state index contributed by atoms with van der Waals surface area (Å²) in [6.45, 7) is 0.141. The summed E-state index contributed by atoms with van der Waals surface area (Å²) in [5.41, 5.74) is 0. The number of carbonyl (C=O) groups is 2. The van der Waals surface area contributed by atoms with E-state index in [1.54, 1.807) is 0 Å². The van der Waals surface area contributed by atoms with Gasteiger partial charge < -0.3 is 10.6 Å². The fraction of sp³-hybridized carbons (Fsp3) is 0.833. The fourth-order valence-electron chi connectivity index (χ4n) is 2.23. The van der Waals surface area contributed by atoms with Gasteiger partial charge in [0.2, 0.25) is 11.8 Å². The number of carbonyl (C=O) groups excluding carboxylic acids is 2. The second-order valence-electron chi connectivity index (χ2n) is 4.97. The van der Waals surface area contributed by atoms with Crippen LogP contribution in [0.25, 0.3) is 0 Å². The Morgan fingerprint density at radius 1 is 1.00 bits per heavy atom. The molecule has 0 spiro atoms. The Labute approximate surface area is 96.2 Å². The predicted octanol–water partition coefficient (Wildman–Crippen LogP) is 0.961. The second-order valence-corrected chi connectivity index (χ2v) is 4.97. The molecule has 0 bridgehead atoms. The van der Waals surface area contributed by atoms with E-state index in [-0.39, 0.29) is 18.4 Å². The van der Waals surface area contributed by atoms with E-state index in [1.807, 2.05) is 0 Å². The van der Waals surface area contributed by atoms with Gasteiger partial charge in [-0.15, -0.1) is 0 Å². The Kier molecular flexibility index (Phi) is 3.80. The highest BCUT2D eigenvalue weighted by Crippen LogP contribution is 2.27. The zero-order valence-electron chi connectivity index (χ0n) is 9.63. The first kappa shape index (κ1) is 11.4. The molecule has 0 saturated heterocycles. The van der Waals surface area contributed by atoms with Crippen LogP contribution in [0.4, 0.5) is 0 Å². The third kappa shape index (κ3) is 3.83. The van der Waals surface area contributed by atoms with Gasteiger partial charge in [-0.2, -0.15) is 0 Å². The molecule has 0 heterocycles. The van der Waals surface area contributed by atoms with Crippen molar-refractivity contribution >= 4 is 11.8 Å². The summed E-state index contributed by atoms with van der Waals surface area (Å²) in [6.07, 6.45) is 7.60. The van der Waals surface area contributed by atoms with Gasteiger partial charge in [-0.25, -0.2) is 0 Å². The van der Waals surface area contributed by atoms with E-state index in [9.17, 15) is 9.59 Å². The molecule has 0 aromatic rings. The van der Waals surface area contributed by atoms with Gasteiger partial charge in [-0.3, -0.25) is 9.59 Å². The standard InChI is InChI=1S/C12H20N2O2/c15-11(7-9-3-1-2-4-9)13-8-12(16)14-10-5-6-10/h9-10H,1-8H2,(H,13,15)(H,14,16). The molecule has 4 heteroatoms. The zero-order chi connectivity index (χ0) is 11.4. The number of hydrogen-bond acceptors (Lipinski definition) is 2. The smallest absolute Gasteiger partial charge is 0.239 e. The summed E-state index contributed by atoms with van der Waals surface area (Å²) in [4.78, 5) is 22.8. The van der Waals surface area contributed by atoms with Crippen LogP contribution < -0.4 is 10.6 Å². The molecule has 0 aliphatic heterocycles. The van der Waals surface area contributed by atoms with Crippen LogP contribution in [0.15, 0.2) is 0 Å². The average molecular weight is 224 g/mol. The number of rotatable bonds is 5. The molecule has 2 aliphatic rings. The van der Waals surface area contributed by atoms with E-state index in [2.05, 4.69) is 10.6 Å². The highest BCUT2D eigenvalue weighted by atomic mass is 16.2.